The number of benzene rings is 2. The molecule has 0 aliphatic carbocycles. The summed E-state index contributed by atoms with van der Waals surface area (Å²) in [6.45, 7) is 8.29. The molecule has 0 saturated carbocycles. The molecule has 0 fully saturated rings. The Labute approximate surface area is 127 Å². The molecule has 110 valence electrons. The zero-order chi connectivity index (χ0) is 14.8. The van der Waals surface area contributed by atoms with Gasteiger partial charge in [0, 0.05) is 19.0 Å². The van der Waals surface area contributed by atoms with Gasteiger partial charge in [0.1, 0.15) is 5.75 Å². The number of nitrogens with one attached hydrogen (secondary N) is 1. The molecule has 1 aliphatic rings. The molecule has 21 heavy (non-hydrogen) atoms. The van der Waals surface area contributed by atoms with Gasteiger partial charge in [-0.3, -0.25) is 0 Å². The molecule has 0 atom stereocenters. The van der Waals surface area contributed by atoms with Gasteiger partial charge in [0.25, 0.3) is 0 Å². The Kier molecular flexibility index (Phi) is 3.98. The highest BCUT2D eigenvalue weighted by Crippen LogP contribution is 2.32. The third-order valence-corrected chi connectivity index (χ3v) is 4.01. The molecule has 0 unspecified atom stereocenters. The van der Waals surface area contributed by atoms with E-state index in [2.05, 4.69) is 62.5 Å². The van der Waals surface area contributed by atoms with Gasteiger partial charge in [0.05, 0.1) is 6.61 Å². The van der Waals surface area contributed by atoms with Crippen molar-refractivity contribution < 1.29 is 4.74 Å². The van der Waals surface area contributed by atoms with Crippen LogP contribution in [0.5, 0.6) is 5.75 Å². The van der Waals surface area contributed by atoms with Crippen LogP contribution in [0.4, 0.5) is 0 Å². The second-order valence-electron chi connectivity index (χ2n) is 6.11. The van der Waals surface area contributed by atoms with Crippen LogP contribution in [0.15, 0.2) is 36.4 Å². The zero-order valence-corrected chi connectivity index (χ0v) is 13.1. The van der Waals surface area contributed by atoms with Gasteiger partial charge in [-0.2, -0.15) is 0 Å². The van der Waals surface area contributed by atoms with E-state index >= 15 is 0 Å². The van der Waals surface area contributed by atoms with Gasteiger partial charge in [-0.25, -0.2) is 0 Å². The van der Waals surface area contributed by atoms with E-state index < -0.39 is 0 Å². The molecule has 2 aromatic carbocycles. The maximum Gasteiger partial charge on any atom is 0.122 e. The number of rotatable bonds is 4. The molecule has 2 heteroatoms. The Hall–Kier alpha value is -1.80. The van der Waals surface area contributed by atoms with E-state index in [9.17, 15) is 0 Å². The van der Waals surface area contributed by atoms with E-state index in [-0.39, 0.29) is 0 Å². The molecule has 3 rings (SSSR count). The first-order valence-electron chi connectivity index (χ1n) is 7.72. The van der Waals surface area contributed by atoms with Gasteiger partial charge in [0.2, 0.25) is 0 Å². The summed E-state index contributed by atoms with van der Waals surface area (Å²) in [7, 11) is 0. The van der Waals surface area contributed by atoms with Gasteiger partial charge in [-0.15, -0.1) is 0 Å². The van der Waals surface area contributed by atoms with Crippen LogP contribution < -0.4 is 10.1 Å². The number of aryl methyl sites for hydroxylation is 1. The third-order valence-electron chi connectivity index (χ3n) is 4.01. The fourth-order valence-electron chi connectivity index (χ4n) is 2.84. The normalized spacial score (nSPS) is 13.3. The van der Waals surface area contributed by atoms with Gasteiger partial charge in [0.15, 0.2) is 0 Å². The average Bonchev–Trinajstić information content (AvgIpc) is 2.92. The molecule has 0 radical (unpaired) electrons. The van der Waals surface area contributed by atoms with Crippen molar-refractivity contribution in [3.05, 3.63) is 53.1 Å². The first-order valence-corrected chi connectivity index (χ1v) is 7.72. The lowest BCUT2D eigenvalue weighted by atomic mass is 9.96. The van der Waals surface area contributed by atoms with Crippen LogP contribution in [0, 0.1) is 6.92 Å². The van der Waals surface area contributed by atoms with Crippen molar-refractivity contribution in [3.63, 3.8) is 0 Å². The third kappa shape index (κ3) is 3.11. The molecule has 1 aliphatic heterocycles. The Balaban J connectivity index is 1.85. The lowest BCUT2D eigenvalue weighted by Gasteiger charge is -2.12. The minimum absolute atomic E-state index is 0.515. The Morgan fingerprint density at radius 2 is 2.00 bits per heavy atom. The van der Waals surface area contributed by atoms with Crippen LogP contribution in [0.25, 0.3) is 11.1 Å². The lowest BCUT2D eigenvalue weighted by Crippen LogP contribution is -2.21. The van der Waals surface area contributed by atoms with Gasteiger partial charge in [-0.05, 0) is 46.9 Å². The molecule has 1 N–H and O–H groups in total. The second kappa shape index (κ2) is 5.90. The number of fused-ring (bicyclic) bond motifs is 1. The van der Waals surface area contributed by atoms with Crippen molar-refractivity contribution in [2.24, 2.45) is 0 Å². The number of hydrogen-bond acceptors (Lipinski definition) is 2. The minimum Gasteiger partial charge on any atom is -0.493 e. The maximum absolute atomic E-state index is 5.58. The highest BCUT2D eigenvalue weighted by atomic mass is 16.5. The Bertz CT molecular complexity index is 646. The summed E-state index contributed by atoms with van der Waals surface area (Å²) in [5, 5.41) is 3.47. The van der Waals surface area contributed by atoms with Crippen molar-refractivity contribution in [2.75, 3.05) is 6.61 Å². The van der Waals surface area contributed by atoms with Crippen LogP contribution in [0.3, 0.4) is 0 Å². The van der Waals surface area contributed by atoms with E-state index in [1.807, 2.05) is 0 Å². The number of hydrogen-bond donors (Lipinski definition) is 1. The van der Waals surface area contributed by atoms with Crippen molar-refractivity contribution in [1.29, 1.82) is 0 Å². The molecule has 0 spiro atoms. The predicted octanol–water partition coefficient (Wildman–Crippen LogP) is 4.09. The standard InChI is InChI=1S/C19H23NO/c1-13(2)20-12-15-4-6-18(14(3)10-15)16-5-7-19-17(11-16)8-9-21-19/h4-7,10-11,13,20H,8-9,12H2,1-3H3. The van der Waals surface area contributed by atoms with E-state index in [1.54, 1.807) is 0 Å². The predicted molar refractivity (Wildman–Crippen MR) is 87.8 cm³/mol. The fraction of sp³-hybridized carbons (Fsp3) is 0.368. The summed E-state index contributed by atoms with van der Waals surface area (Å²) in [6.07, 6.45) is 1.03. The molecule has 0 bridgehead atoms. The van der Waals surface area contributed by atoms with Crippen LogP contribution in [-0.2, 0) is 13.0 Å². The van der Waals surface area contributed by atoms with E-state index in [4.69, 9.17) is 4.74 Å². The first-order chi connectivity index (χ1) is 10.1. The molecular weight excluding hydrogens is 258 g/mol. The van der Waals surface area contributed by atoms with Gasteiger partial charge in [-0.1, -0.05) is 38.1 Å². The van der Waals surface area contributed by atoms with E-state index in [0.717, 1.165) is 25.3 Å². The van der Waals surface area contributed by atoms with Crippen LogP contribution >= 0.6 is 0 Å². The first kappa shape index (κ1) is 14.2. The van der Waals surface area contributed by atoms with Crippen LogP contribution in [0.1, 0.15) is 30.5 Å². The van der Waals surface area contributed by atoms with Crippen LogP contribution in [-0.4, -0.2) is 12.6 Å². The summed E-state index contributed by atoms with van der Waals surface area (Å²) in [5.41, 5.74) is 6.61. The van der Waals surface area contributed by atoms with Gasteiger partial charge >= 0.3 is 0 Å². The van der Waals surface area contributed by atoms with Crippen molar-refractivity contribution >= 4 is 0 Å². The zero-order valence-electron chi connectivity index (χ0n) is 13.1. The molecule has 1 heterocycles. The van der Waals surface area contributed by atoms with E-state index in [0.29, 0.717) is 6.04 Å². The molecule has 2 aromatic rings. The fourth-order valence-corrected chi connectivity index (χ4v) is 2.84. The second-order valence-corrected chi connectivity index (χ2v) is 6.11. The van der Waals surface area contributed by atoms with Crippen LogP contribution in [0.2, 0.25) is 0 Å². The summed E-state index contributed by atoms with van der Waals surface area (Å²) in [6, 6.07) is 13.8. The summed E-state index contributed by atoms with van der Waals surface area (Å²) in [5.74, 6) is 1.05. The molecule has 2 nitrogen and oxygen atoms in total. The lowest BCUT2D eigenvalue weighted by molar-refractivity contribution is 0.357. The minimum atomic E-state index is 0.515. The van der Waals surface area contributed by atoms with Crippen molar-refractivity contribution in [2.45, 2.75) is 39.8 Å². The average molecular weight is 281 g/mol. The molecule has 0 saturated heterocycles. The number of ether oxygens (including phenoxy) is 1. The molecular formula is C19H23NO. The van der Waals surface area contributed by atoms with E-state index in [1.165, 1.54) is 27.8 Å². The molecule has 0 amide bonds. The summed E-state index contributed by atoms with van der Waals surface area (Å²) in [4.78, 5) is 0. The highest BCUT2D eigenvalue weighted by molar-refractivity contribution is 5.69. The summed E-state index contributed by atoms with van der Waals surface area (Å²) < 4.78 is 5.58. The Morgan fingerprint density at radius 1 is 1.14 bits per heavy atom. The SMILES string of the molecule is Cc1cc(CNC(C)C)ccc1-c1ccc2c(c1)CCO2. The molecule has 0 aromatic heterocycles. The smallest absolute Gasteiger partial charge is 0.122 e. The topological polar surface area (TPSA) is 21.3 Å². The Morgan fingerprint density at radius 3 is 2.76 bits per heavy atom. The summed E-state index contributed by atoms with van der Waals surface area (Å²) >= 11 is 0. The van der Waals surface area contributed by atoms with Crippen molar-refractivity contribution in [3.8, 4) is 16.9 Å². The highest BCUT2D eigenvalue weighted by Gasteiger charge is 2.13. The largest absolute Gasteiger partial charge is 0.493 e. The van der Waals surface area contributed by atoms with Crippen molar-refractivity contribution in [1.82, 2.24) is 5.32 Å². The maximum atomic E-state index is 5.58. The monoisotopic (exact) mass is 281 g/mol. The quantitative estimate of drug-likeness (QED) is 0.911. The van der Waals surface area contributed by atoms with Gasteiger partial charge < -0.3 is 10.1 Å².